The molecule has 2 fully saturated rings. The maximum Gasteiger partial charge on any atom is 0.332 e. The predicted octanol–water partition coefficient (Wildman–Crippen LogP) is 0.0763. The third-order valence-corrected chi connectivity index (χ3v) is 4.34. The minimum atomic E-state index is -0.417. The Morgan fingerprint density at radius 1 is 1.05 bits per heavy atom. The number of nitrogens with one attached hydrogen (secondary N) is 2. The van der Waals surface area contributed by atoms with E-state index in [1.807, 2.05) is 24.3 Å². The molecule has 2 N–H and O–H groups in total. The van der Waals surface area contributed by atoms with E-state index < -0.39 is 5.69 Å². The van der Waals surface area contributed by atoms with E-state index in [1.165, 1.54) is 28.9 Å². The van der Waals surface area contributed by atoms with Gasteiger partial charge in [0, 0.05) is 43.1 Å². The molecule has 2 bridgehead atoms. The molecule has 1 aromatic carbocycles. The average Bonchev–Trinajstić information content (AvgIpc) is 3.10. The predicted molar refractivity (Wildman–Crippen MR) is 80.2 cm³/mol. The van der Waals surface area contributed by atoms with Crippen LogP contribution in [0.15, 0.2) is 46.1 Å². The lowest BCUT2D eigenvalue weighted by molar-refractivity contribution is 0.580. The van der Waals surface area contributed by atoms with Crippen LogP contribution in [0.1, 0.15) is 6.42 Å². The second-order valence-corrected chi connectivity index (χ2v) is 5.64. The number of anilines is 1. The maximum absolute atomic E-state index is 11.8. The summed E-state index contributed by atoms with van der Waals surface area (Å²) in [5.41, 5.74) is 1.14. The molecule has 0 spiro atoms. The average molecular weight is 284 g/mol. The van der Waals surface area contributed by atoms with E-state index in [0.717, 1.165) is 18.8 Å². The summed E-state index contributed by atoms with van der Waals surface area (Å²) in [6, 6.07) is 10.4. The standard InChI is InChI=1S/C15H16N4O2/c20-14-5-6-18(15(21)17-14)11-1-3-12(4-2-11)19-9-10-7-13(19)8-16-10/h1-6,10,13,16H,7-9H2,(H,17,20,21)/t10-,13-/m1/s1. The fourth-order valence-corrected chi connectivity index (χ4v) is 3.30. The van der Waals surface area contributed by atoms with Gasteiger partial charge in [0.1, 0.15) is 0 Å². The third-order valence-electron chi connectivity index (χ3n) is 4.34. The zero-order valence-electron chi connectivity index (χ0n) is 11.5. The number of H-pyrrole nitrogens is 1. The molecule has 2 aliphatic rings. The molecule has 6 nitrogen and oxygen atoms in total. The highest BCUT2D eigenvalue weighted by molar-refractivity contribution is 5.53. The number of piperazine rings is 1. The van der Waals surface area contributed by atoms with Gasteiger partial charge in [0.2, 0.25) is 0 Å². The first-order chi connectivity index (χ1) is 10.2. The Morgan fingerprint density at radius 2 is 1.81 bits per heavy atom. The van der Waals surface area contributed by atoms with Crippen LogP contribution < -0.4 is 21.5 Å². The van der Waals surface area contributed by atoms with Crippen LogP contribution in [0, 0.1) is 0 Å². The Kier molecular flexibility index (Phi) is 2.71. The first-order valence-electron chi connectivity index (χ1n) is 7.13. The van der Waals surface area contributed by atoms with E-state index in [0.29, 0.717) is 12.1 Å². The fraction of sp³-hybridized carbons (Fsp3) is 0.333. The molecule has 0 aliphatic carbocycles. The summed E-state index contributed by atoms with van der Waals surface area (Å²) >= 11 is 0. The zero-order valence-corrected chi connectivity index (χ0v) is 11.5. The molecule has 2 atom stereocenters. The van der Waals surface area contributed by atoms with Crippen LogP contribution in [0.2, 0.25) is 0 Å². The van der Waals surface area contributed by atoms with Crippen LogP contribution in [0.3, 0.4) is 0 Å². The zero-order chi connectivity index (χ0) is 14.4. The van der Waals surface area contributed by atoms with E-state index in [4.69, 9.17) is 0 Å². The second-order valence-electron chi connectivity index (χ2n) is 5.64. The molecular weight excluding hydrogens is 268 g/mol. The van der Waals surface area contributed by atoms with Gasteiger partial charge in [-0.05, 0) is 30.7 Å². The molecule has 3 heterocycles. The van der Waals surface area contributed by atoms with Gasteiger partial charge in [-0.25, -0.2) is 4.79 Å². The maximum atomic E-state index is 11.8. The van der Waals surface area contributed by atoms with Crippen LogP contribution in [0.5, 0.6) is 0 Å². The number of aromatic nitrogens is 2. The minimum Gasteiger partial charge on any atom is -0.366 e. The van der Waals surface area contributed by atoms with Gasteiger partial charge in [-0.2, -0.15) is 0 Å². The number of aromatic amines is 1. The smallest absolute Gasteiger partial charge is 0.332 e. The molecule has 2 saturated heterocycles. The number of nitrogens with zero attached hydrogens (tertiary/aromatic N) is 2. The minimum absolute atomic E-state index is 0.381. The number of benzene rings is 1. The van der Waals surface area contributed by atoms with Crippen LogP contribution in [-0.4, -0.2) is 34.7 Å². The van der Waals surface area contributed by atoms with E-state index in [2.05, 4.69) is 15.2 Å². The summed E-state index contributed by atoms with van der Waals surface area (Å²) in [7, 11) is 0. The van der Waals surface area contributed by atoms with E-state index in [9.17, 15) is 9.59 Å². The molecule has 21 heavy (non-hydrogen) atoms. The van der Waals surface area contributed by atoms with Gasteiger partial charge in [-0.15, -0.1) is 0 Å². The van der Waals surface area contributed by atoms with Gasteiger partial charge >= 0.3 is 5.69 Å². The molecule has 0 amide bonds. The van der Waals surface area contributed by atoms with Gasteiger partial charge in [0.05, 0.1) is 5.69 Å². The Balaban J connectivity index is 1.64. The summed E-state index contributed by atoms with van der Waals surface area (Å²) in [6.45, 7) is 2.09. The largest absolute Gasteiger partial charge is 0.366 e. The molecule has 2 aromatic rings. The molecule has 6 heteroatoms. The van der Waals surface area contributed by atoms with Crippen LogP contribution in [-0.2, 0) is 0 Å². The molecule has 108 valence electrons. The van der Waals surface area contributed by atoms with Crippen LogP contribution in [0.4, 0.5) is 5.69 Å². The SMILES string of the molecule is O=c1ccn(-c2ccc(N3C[C@H]4C[C@@H]3CN4)cc2)c(=O)[nH]1. The normalized spacial score (nSPS) is 23.7. The van der Waals surface area contributed by atoms with Gasteiger partial charge in [-0.3, -0.25) is 14.3 Å². The summed E-state index contributed by atoms with van der Waals surface area (Å²) in [5, 5.41) is 3.48. The van der Waals surface area contributed by atoms with Crippen molar-refractivity contribution in [2.24, 2.45) is 0 Å². The lowest BCUT2D eigenvalue weighted by Gasteiger charge is -2.29. The van der Waals surface area contributed by atoms with Crippen molar-refractivity contribution in [1.82, 2.24) is 14.9 Å². The first kappa shape index (κ1) is 12.4. The van der Waals surface area contributed by atoms with Crippen molar-refractivity contribution in [2.45, 2.75) is 18.5 Å². The fourth-order valence-electron chi connectivity index (χ4n) is 3.30. The Morgan fingerprint density at radius 3 is 2.43 bits per heavy atom. The van der Waals surface area contributed by atoms with Gasteiger partial charge in [0.15, 0.2) is 0 Å². The molecule has 2 aliphatic heterocycles. The van der Waals surface area contributed by atoms with Crippen molar-refractivity contribution in [3.8, 4) is 5.69 Å². The van der Waals surface area contributed by atoms with Crippen molar-refractivity contribution in [2.75, 3.05) is 18.0 Å². The number of rotatable bonds is 2. The second kappa shape index (κ2) is 4.60. The van der Waals surface area contributed by atoms with Crippen molar-refractivity contribution in [3.05, 3.63) is 57.4 Å². The monoisotopic (exact) mass is 284 g/mol. The van der Waals surface area contributed by atoms with Gasteiger partial charge in [0.25, 0.3) is 5.56 Å². The van der Waals surface area contributed by atoms with E-state index in [-0.39, 0.29) is 5.56 Å². The molecule has 0 saturated carbocycles. The van der Waals surface area contributed by atoms with Gasteiger partial charge in [-0.1, -0.05) is 0 Å². The summed E-state index contributed by atoms with van der Waals surface area (Å²) in [5.74, 6) is 0. The third kappa shape index (κ3) is 2.08. The molecular formula is C15H16N4O2. The van der Waals surface area contributed by atoms with E-state index >= 15 is 0 Å². The highest BCUT2D eigenvalue weighted by Crippen LogP contribution is 2.29. The molecule has 0 unspecified atom stereocenters. The molecule has 0 radical (unpaired) electrons. The van der Waals surface area contributed by atoms with Crippen molar-refractivity contribution >= 4 is 5.69 Å². The van der Waals surface area contributed by atoms with Crippen molar-refractivity contribution in [1.29, 1.82) is 0 Å². The van der Waals surface area contributed by atoms with Crippen molar-refractivity contribution < 1.29 is 0 Å². The van der Waals surface area contributed by atoms with Crippen LogP contribution >= 0.6 is 0 Å². The summed E-state index contributed by atoms with van der Waals surface area (Å²) < 4.78 is 1.43. The Hall–Kier alpha value is -2.34. The van der Waals surface area contributed by atoms with Crippen LogP contribution in [0.25, 0.3) is 5.69 Å². The number of fused-ring (bicyclic) bond motifs is 2. The Bertz CT molecular complexity index is 777. The summed E-state index contributed by atoms with van der Waals surface area (Å²) in [4.78, 5) is 27.5. The molecule has 1 aromatic heterocycles. The van der Waals surface area contributed by atoms with Crippen molar-refractivity contribution in [3.63, 3.8) is 0 Å². The quantitative estimate of drug-likeness (QED) is 0.819. The Labute approximate surface area is 121 Å². The molecule has 4 rings (SSSR count). The lowest BCUT2D eigenvalue weighted by Crippen LogP contribution is -2.43. The lowest BCUT2D eigenvalue weighted by atomic mass is 10.2. The topological polar surface area (TPSA) is 70.1 Å². The highest BCUT2D eigenvalue weighted by Gasteiger charge is 2.37. The number of hydrogen-bond acceptors (Lipinski definition) is 4. The first-order valence-corrected chi connectivity index (χ1v) is 7.13. The summed E-state index contributed by atoms with van der Waals surface area (Å²) in [6.07, 6.45) is 2.71. The van der Waals surface area contributed by atoms with E-state index in [1.54, 1.807) is 0 Å². The highest BCUT2D eigenvalue weighted by atomic mass is 16.2. The van der Waals surface area contributed by atoms with Gasteiger partial charge < -0.3 is 10.2 Å². The number of hydrogen-bond donors (Lipinski definition) is 2.